The van der Waals surface area contributed by atoms with Gasteiger partial charge in [-0.15, -0.1) is 0 Å². The quantitative estimate of drug-likeness (QED) is 0.534. The first-order valence-corrected chi connectivity index (χ1v) is 10.6. The van der Waals surface area contributed by atoms with E-state index in [9.17, 15) is 13.2 Å². The number of sulfonamides is 1. The highest BCUT2D eigenvalue weighted by Gasteiger charge is 2.15. The highest BCUT2D eigenvalue weighted by molar-refractivity contribution is 7.92. The van der Waals surface area contributed by atoms with E-state index >= 15 is 0 Å². The van der Waals surface area contributed by atoms with E-state index < -0.39 is 10.0 Å². The minimum atomic E-state index is -3.82. The van der Waals surface area contributed by atoms with Crippen molar-refractivity contribution >= 4 is 44.8 Å². The van der Waals surface area contributed by atoms with E-state index in [0.717, 1.165) is 0 Å². The largest absolute Gasteiger partial charge is 0.484 e. The van der Waals surface area contributed by atoms with Crippen molar-refractivity contribution in [1.29, 1.82) is 0 Å². The van der Waals surface area contributed by atoms with Gasteiger partial charge in [-0.1, -0.05) is 23.2 Å². The standard InChI is InChI=1S/C19H16Cl2N2O5S/c20-17-8-3-13(10-18(17)21)23-29(25,26)16-6-4-14(5-7-16)28-12-19(24)22-11-15-2-1-9-27-15/h1-10,23H,11-12H2,(H,22,24). The minimum absolute atomic E-state index is 0.0261. The molecule has 1 aromatic heterocycles. The molecule has 10 heteroatoms. The summed E-state index contributed by atoms with van der Waals surface area (Å²) in [7, 11) is -3.82. The number of hydrogen-bond acceptors (Lipinski definition) is 5. The Bertz CT molecular complexity index is 1080. The van der Waals surface area contributed by atoms with E-state index in [4.69, 9.17) is 32.4 Å². The summed E-state index contributed by atoms with van der Waals surface area (Å²) >= 11 is 11.7. The Balaban J connectivity index is 1.55. The van der Waals surface area contributed by atoms with Crippen molar-refractivity contribution in [3.8, 4) is 5.75 Å². The third-order valence-electron chi connectivity index (χ3n) is 3.72. The molecule has 1 amide bonds. The Morgan fingerprint density at radius 2 is 1.79 bits per heavy atom. The number of carbonyl (C=O) groups is 1. The molecular weight excluding hydrogens is 439 g/mol. The lowest BCUT2D eigenvalue weighted by molar-refractivity contribution is -0.123. The molecular formula is C19H16Cl2N2O5S. The molecule has 0 radical (unpaired) electrons. The van der Waals surface area contributed by atoms with Gasteiger partial charge in [0.2, 0.25) is 0 Å². The Kier molecular flexibility index (Phi) is 6.68. The fraction of sp³-hybridized carbons (Fsp3) is 0.105. The molecule has 2 aromatic carbocycles. The molecule has 0 saturated carbocycles. The van der Waals surface area contributed by atoms with Crippen molar-refractivity contribution in [3.05, 3.63) is 76.7 Å². The molecule has 0 aliphatic rings. The average Bonchev–Trinajstić information content (AvgIpc) is 3.21. The van der Waals surface area contributed by atoms with Crippen molar-refractivity contribution < 1.29 is 22.4 Å². The van der Waals surface area contributed by atoms with Gasteiger partial charge in [-0.2, -0.15) is 0 Å². The number of halogens is 2. The zero-order valence-electron chi connectivity index (χ0n) is 14.9. The lowest BCUT2D eigenvalue weighted by atomic mass is 10.3. The zero-order chi connectivity index (χ0) is 20.9. The summed E-state index contributed by atoms with van der Waals surface area (Å²) in [4.78, 5) is 11.8. The number of carbonyl (C=O) groups excluding carboxylic acids is 1. The first-order chi connectivity index (χ1) is 13.8. The van der Waals surface area contributed by atoms with Gasteiger partial charge in [-0.25, -0.2) is 8.42 Å². The number of anilines is 1. The van der Waals surface area contributed by atoms with Crippen molar-refractivity contribution in [2.75, 3.05) is 11.3 Å². The van der Waals surface area contributed by atoms with Gasteiger partial charge in [0.05, 0.1) is 33.4 Å². The number of amides is 1. The van der Waals surface area contributed by atoms with Gasteiger partial charge in [-0.05, 0) is 54.6 Å². The van der Waals surface area contributed by atoms with Crippen LogP contribution in [-0.4, -0.2) is 20.9 Å². The lowest BCUT2D eigenvalue weighted by Gasteiger charge is -2.10. The third-order valence-corrected chi connectivity index (χ3v) is 5.85. The van der Waals surface area contributed by atoms with E-state index in [-0.39, 0.29) is 34.7 Å². The number of nitrogens with one attached hydrogen (secondary N) is 2. The summed E-state index contributed by atoms with van der Waals surface area (Å²) in [5, 5.41) is 3.20. The second-order valence-corrected chi connectivity index (χ2v) is 8.35. The van der Waals surface area contributed by atoms with Crippen LogP contribution in [0.15, 0.2) is 70.2 Å². The van der Waals surface area contributed by atoms with Gasteiger partial charge in [0.1, 0.15) is 11.5 Å². The maximum absolute atomic E-state index is 12.5. The van der Waals surface area contributed by atoms with Crippen LogP contribution in [0.25, 0.3) is 0 Å². The van der Waals surface area contributed by atoms with Gasteiger partial charge >= 0.3 is 0 Å². The van der Waals surface area contributed by atoms with Gasteiger partial charge < -0.3 is 14.5 Å². The van der Waals surface area contributed by atoms with Crippen LogP contribution in [0.3, 0.4) is 0 Å². The number of rotatable bonds is 8. The van der Waals surface area contributed by atoms with E-state index in [1.54, 1.807) is 12.1 Å². The van der Waals surface area contributed by atoms with Crippen molar-refractivity contribution in [3.63, 3.8) is 0 Å². The fourth-order valence-electron chi connectivity index (χ4n) is 2.29. The summed E-state index contributed by atoms with van der Waals surface area (Å²) < 4.78 is 37.8. The number of ether oxygens (including phenoxy) is 1. The molecule has 7 nitrogen and oxygen atoms in total. The molecule has 0 aliphatic carbocycles. The van der Waals surface area contributed by atoms with E-state index in [1.807, 2.05) is 0 Å². The average molecular weight is 455 g/mol. The molecule has 0 bridgehead atoms. The van der Waals surface area contributed by atoms with Gasteiger partial charge in [-0.3, -0.25) is 9.52 Å². The van der Waals surface area contributed by atoms with Crippen molar-refractivity contribution in [1.82, 2.24) is 5.32 Å². The normalized spacial score (nSPS) is 11.1. The second-order valence-electron chi connectivity index (χ2n) is 5.85. The minimum Gasteiger partial charge on any atom is -0.484 e. The predicted octanol–water partition coefficient (Wildman–Crippen LogP) is 4.08. The summed E-state index contributed by atoms with van der Waals surface area (Å²) in [6, 6.07) is 13.6. The van der Waals surface area contributed by atoms with Crippen LogP contribution in [0.5, 0.6) is 5.75 Å². The highest BCUT2D eigenvalue weighted by atomic mass is 35.5. The topological polar surface area (TPSA) is 97.6 Å². The number of benzene rings is 2. The predicted molar refractivity (Wildman–Crippen MR) is 110 cm³/mol. The Labute approximate surface area is 177 Å². The summed E-state index contributed by atoms with van der Waals surface area (Å²) in [6.07, 6.45) is 1.52. The maximum atomic E-state index is 12.5. The number of furan rings is 1. The highest BCUT2D eigenvalue weighted by Crippen LogP contribution is 2.26. The molecule has 3 aromatic rings. The molecule has 0 saturated heterocycles. The molecule has 152 valence electrons. The Hall–Kier alpha value is -2.68. The van der Waals surface area contributed by atoms with Crippen molar-refractivity contribution in [2.45, 2.75) is 11.4 Å². The molecule has 0 atom stereocenters. The van der Waals surface area contributed by atoms with E-state index in [1.165, 1.54) is 48.7 Å². The van der Waals surface area contributed by atoms with Crippen LogP contribution in [-0.2, 0) is 21.4 Å². The lowest BCUT2D eigenvalue weighted by Crippen LogP contribution is -2.28. The SMILES string of the molecule is O=C(COc1ccc(S(=O)(=O)Nc2ccc(Cl)c(Cl)c2)cc1)NCc1ccco1. The van der Waals surface area contributed by atoms with Crippen LogP contribution < -0.4 is 14.8 Å². The third kappa shape index (κ3) is 5.90. The van der Waals surface area contributed by atoms with Gasteiger partial charge in [0.25, 0.3) is 15.9 Å². The molecule has 0 unspecified atom stereocenters. The monoisotopic (exact) mass is 454 g/mol. The molecule has 0 spiro atoms. The number of hydrogen-bond donors (Lipinski definition) is 2. The molecule has 1 heterocycles. The zero-order valence-corrected chi connectivity index (χ0v) is 17.2. The molecule has 0 aliphatic heterocycles. The van der Waals surface area contributed by atoms with Crippen molar-refractivity contribution in [2.24, 2.45) is 0 Å². The van der Waals surface area contributed by atoms with Gasteiger partial charge in [0, 0.05) is 0 Å². The second kappa shape index (κ2) is 9.21. The van der Waals surface area contributed by atoms with Gasteiger partial charge in [0.15, 0.2) is 6.61 Å². The van der Waals surface area contributed by atoms with Crippen LogP contribution in [0.2, 0.25) is 10.0 Å². The van der Waals surface area contributed by atoms with Crippen LogP contribution >= 0.6 is 23.2 Å². The summed E-state index contributed by atoms with van der Waals surface area (Å²) in [5.74, 6) is 0.647. The Morgan fingerprint density at radius 1 is 1.03 bits per heavy atom. The first kappa shape index (κ1) is 21.0. The van der Waals surface area contributed by atoms with Crippen LogP contribution in [0.1, 0.15) is 5.76 Å². The van der Waals surface area contributed by atoms with E-state index in [2.05, 4.69) is 10.0 Å². The molecule has 3 rings (SSSR count). The van der Waals surface area contributed by atoms with E-state index in [0.29, 0.717) is 16.5 Å². The maximum Gasteiger partial charge on any atom is 0.261 e. The first-order valence-electron chi connectivity index (χ1n) is 8.33. The fourth-order valence-corrected chi connectivity index (χ4v) is 3.64. The van der Waals surface area contributed by atoms with Crippen LogP contribution in [0.4, 0.5) is 5.69 Å². The molecule has 0 fully saturated rings. The van der Waals surface area contributed by atoms with Crippen LogP contribution in [0, 0.1) is 0 Å². The smallest absolute Gasteiger partial charge is 0.261 e. The summed E-state index contributed by atoms with van der Waals surface area (Å²) in [6.45, 7) is 0.0427. The summed E-state index contributed by atoms with van der Waals surface area (Å²) in [5.41, 5.74) is 0.285. The molecule has 2 N–H and O–H groups in total. The Morgan fingerprint density at radius 3 is 2.45 bits per heavy atom. The molecule has 29 heavy (non-hydrogen) atoms.